The minimum Gasteiger partial charge on any atom is -0.362 e. The second-order valence-electron chi connectivity index (χ2n) is 4.97. The van der Waals surface area contributed by atoms with Gasteiger partial charge in [-0.05, 0) is 26.0 Å². The van der Waals surface area contributed by atoms with Crippen LogP contribution < -0.4 is 5.32 Å². The Hall–Kier alpha value is -2.83. The van der Waals surface area contributed by atoms with Crippen molar-refractivity contribution >= 4 is 5.82 Å². The fraction of sp³-hybridized carbons (Fsp3) is 0.267. The highest BCUT2D eigenvalue weighted by Crippen LogP contribution is 2.20. The summed E-state index contributed by atoms with van der Waals surface area (Å²) in [6.45, 7) is 4.52. The summed E-state index contributed by atoms with van der Waals surface area (Å²) in [5, 5.41) is 7.36. The smallest absolute Gasteiger partial charge is 0.180 e. The van der Waals surface area contributed by atoms with Crippen molar-refractivity contribution in [1.82, 2.24) is 29.7 Å². The lowest BCUT2D eigenvalue weighted by molar-refractivity contribution is 0.711. The van der Waals surface area contributed by atoms with Crippen molar-refractivity contribution in [2.45, 2.75) is 20.4 Å². The molecule has 0 spiro atoms. The Labute approximate surface area is 128 Å². The predicted octanol–water partition coefficient (Wildman–Crippen LogP) is 1.90. The molecule has 112 valence electrons. The highest BCUT2D eigenvalue weighted by atomic mass is 15.3. The van der Waals surface area contributed by atoms with Crippen LogP contribution in [0.4, 0.5) is 5.82 Å². The lowest BCUT2D eigenvalue weighted by Crippen LogP contribution is -2.10. The van der Waals surface area contributed by atoms with Crippen LogP contribution in [0.5, 0.6) is 0 Å². The molecule has 7 heteroatoms. The SMILES string of the molecule is Cc1nc(-c2ccccn2)nc(NCc2ncnn2C)c1C. The molecule has 0 unspecified atom stereocenters. The van der Waals surface area contributed by atoms with E-state index >= 15 is 0 Å². The molecule has 3 aromatic rings. The average Bonchev–Trinajstić information content (AvgIpc) is 2.95. The Bertz CT molecular complexity index is 780. The van der Waals surface area contributed by atoms with Crippen LogP contribution in [0.3, 0.4) is 0 Å². The Kier molecular flexibility index (Phi) is 3.78. The Morgan fingerprint density at radius 1 is 1.14 bits per heavy atom. The summed E-state index contributed by atoms with van der Waals surface area (Å²) >= 11 is 0. The first-order chi connectivity index (χ1) is 10.6. The van der Waals surface area contributed by atoms with E-state index in [4.69, 9.17) is 0 Å². The monoisotopic (exact) mass is 295 g/mol. The molecule has 0 amide bonds. The third kappa shape index (κ3) is 2.78. The maximum atomic E-state index is 4.59. The van der Waals surface area contributed by atoms with E-state index in [1.54, 1.807) is 10.9 Å². The van der Waals surface area contributed by atoms with Gasteiger partial charge in [0, 0.05) is 24.5 Å². The average molecular weight is 295 g/mol. The van der Waals surface area contributed by atoms with E-state index < -0.39 is 0 Å². The van der Waals surface area contributed by atoms with Gasteiger partial charge in [0.25, 0.3) is 0 Å². The van der Waals surface area contributed by atoms with E-state index in [0.717, 1.165) is 28.6 Å². The summed E-state index contributed by atoms with van der Waals surface area (Å²) in [5.41, 5.74) is 2.70. The molecular formula is C15H17N7. The molecule has 0 fully saturated rings. The first kappa shape index (κ1) is 14.1. The van der Waals surface area contributed by atoms with Gasteiger partial charge in [0.2, 0.25) is 0 Å². The molecule has 0 aromatic carbocycles. The second kappa shape index (κ2) is 5.88. The van der Waals surface area contributed by atoms with Crippen LogP contribution in [0, 0.1) is 13.8 Å². The fourth-order valence-corrected chi connectivity index (χ4v) is 2.05. The lowest BCUT2D eigenvalue weighted by Gasteiger charge is -2.11. The largest absolute Gasteiger partial charge is 0.362 e. The minimum absolute atomic E-state index is 0.551. The van der Waals surface area contributed by atoms with Gasteiger partial charge in [-0.1, -0.05) is 6.07 Å². The number of aryl methyl sites for hydroxylation is 2. The fourth-order valence-electron chi connectivity index (χ4n) is 2.05. The normalized spacial score (nSPS) is 10.7. The summed E-state index contributed by atoms with van der Waals surface area (Å²) in [7, 11) is 1.86. The van der Waals surface area contributed by atoms with Crippen molar-refractivity contribution in [2.24, 2.45) is 7.05 Å². The van der Waals surface area contributed by atoms with Gasteiger partial charge in [-0.2, -0.15) is 5.10 Å². The first-order valence-corrected chi connectivity index (χ1v) is 6.98. The van der Waals surface area contributed by atoms with Gasteiger partial charge in [0.05, 0.1) is 6.54 Å². The molecule has 0 radical (unpaired) electrons. The van der Waals surface area contributed by atoms with Crippen molar-refractivity contribution in [3.05, 3.63) is 47.8 Å². The predicted molar refractivity (Wildman–Crippen MR) is 83.1 cm³/mol. The van der Waals surface area contributed by atoms with Gasteiger partial charge in [-0.3, -0.25) is 9.67 Å². The van der Waals surface area contributed by atoms with Crippen molar-refractivity contribution in [3.8, 4) is 11.5 Å². The number of hydrogen-bond acceptors (Lipinski definition) is 6. The Morgan fingerprint density at radius 3 is 2.68 bits per heavy atom. The van der Waals surface area contributed by atoms with Gasteiger partial charge in [0.1, 0.15) is 23.7 Å². The maximum absolute atomic E-state index is 4.59. The first-order valence-electron chi connectivity index (χ1n) is 6.98. The topological polar surface area (TPSA) is 81.4 Å². The van der Waals surface area contributed by atoms with Gasteiger partial charge in [0.15, 0.2) is 5.82 Å². The van der Waals surface area contributed by atoms with E-state index in [-0.39, 0.29) is 0 Å². The van der Waals surface area contributed by atoms with E-state index in [1.165, 1.54) is 6.33 Å². The van der Waals surface area contributed by atoms with Crippen molar-refractivity contribution in [2.75, 3.05) is 5.32 Å². The number of rotatable bonds is 4. The van der Waals surface area contributed by atoms with E-state index in [2.05, 4.69) is 30.4 Å². The Balaban J connectivity index is 1.90. The molecule has 0 aliphatic rings. The highest BCUT2D eigenvalue weighted by molar-refractivity contribution is 5.56. The minimum atomic E-state index is 0.551. The zero-order valence-electron chi connectivity index (χ0n) is 12.8. The molecule has 3 aromatic heterocycles. The molecule has 7 nitrogen and oxygen atoms in total. The van der Waals surface area contributed by atoms with E-state index in [9.17, 15) is 0 Å². The summed E-state index contributed by atoms with van der Waals surface area (Å²) < 4.78 is 1.73. The molecule has 0 atom stereocenters. The standard InChI is InChI=1S/C15H17N7/c1-10-11(2)20-15(12-6-4-5-7-16-12)21-14(10)17-8-13-18-9-19-22(13)3/h4-7,9H,8H2,1-3H3,(H,17,20,21). The maximum Gasteiger partial charge on any atom is 0.180 e. The number of hydrogen-bond donors (Lipinski definition) is 1. The van der Waals surface area contributed by atoms with Crippen LogP contribution in [0.25, 0.3) is 11.5 Å². The summed E-state index contributed by atoms with van der Waals surface area (Å²) in [5.74, 6) is 2.25. The molecule has 3 rings (SSSR count). The van der Waals surface area contributed by atoms with Gasteiger partial charge in [-0.15, -0.1) is 0 Å². The molecule has 0 aliphatic carbocycles. The van der Waals surface area contributed by atoms with Crippen LogP contribution in [-0.2, 0) is 13.6 Å². The van der Waals surface area contributed by atoms with E-state index in [1.807, 2.05) is 39.1 Å². The molecule has 0 bridgehead atoms. The van der Waals surface area contributed by atoms with Crippen molar-refractivity contribution in [1.29, 1.82) is 0 Å². The van der Waals surface area contributed by atoms with Gasteiger partial charge in [-0.25, -0.2) is 15.0 Å². The highest BCUT2D eigenvalue weighted by Gasteiger charge is 2.11. The number of pyridine rings is 1. The molecule has 1 N–H and O–H groups in total. The van der Waals surface area contributed by atoms with Gasteiger partial charge < -0.3 is 5.32 Å². The summed E-state index contributed by atoms with van der Waals surface area (Å²) in [4.78, 5) is 17.6. The van der Waals surface area contributed by atoms with Crippen LogP contribution >= 0.6 is 0 Å². The number of anilines is 1. The number of nitrogens with one attached hydrogen (secondary N) is 1. The second-order valence-corrected chi connectivity index (χ2v) is 4.97. The van der Waals surface area contributed by atoms with E-state index in [0.29, 0.717) is 12.4 Å². The lowest BCUT2D eigenvalue weighted by atomic mass is 10.2. The molecule has 0 aliphatic heterocycles. The molecule has 0 saturated carbocycles. The van der Waals surface area contributed by atoms with Crippen molar-refractivity contribution in [3.63, 3.8) is 0 Å². The quantitative estimate of drug-likeness (QED) is 0.791. The third-order valence-corrected chi connectivity index (χ3v) is 3.50. The Morgan fingerprint density at radius 2 is 2.00 bits per heavy atom. The zero-order valence-corrected chi connectivity index (χ0v) is 12.8. The van der Waals surface area contributed by atoms with Crippen LogP contribution in [-0.4, -0.2) is 29.7 Å². The third-order valence-electron chi connectivity index (χ3n) is 3.50. The summed E-state index contributed by atoms with van der Waals surface area (Å²) in [6.07, 6.45) is 3.27. The number of nitrogens with zero attached hydrogens (tertiary/aromatic N) is 6. The van der Waals surface area contributed by atoms with Crippen molar-refractivity contribution < 1.29 is 0 Å². The summed E-state index contributed by atoms with van der Waals surface area (Å²) in [6, 6.07) is 5.70. The molecule has 3 heterocycles. The number of aromatic nitrogens is 6. The van der Waals surface area contributed by atoms with Crippen LogP contribution in [0.15, 0.2) is 30.7 Å². The zero-order chi connectivity index (χ0) is 15.5. The van der Waals surface area contributed by atoms with Crippen LogP contribution in [0.2, 0.25) is 0 Å². The molecule has 22 heavy (non-hydrogen) atoms. The van der Waals surface area contributed by atoms with Crippen LogP contribution in [0.1, 0.15) is 17.1 Å². The molecular weight excluding hydrogens is 278 g/mol. The molecule has 0 saturated heterocycles. The van der Waals surface area contributed by atoms with Gasteiger partial charge >= 0.3 is 0 Å².